The van der Waals surface area contributed by atoms with E-state index in [0.717, 1.165) is 10.0 Å². The van der Waals surface area contributed by atoms with Crippen molar-refractivity contribution in [1.29, 1.82) is 0 Å². The van der Waals surface area contributed by atoms with Gasteiger partial charge in [-0.1, -0.05) is 45.7 Å². The molecule has 0 spiro atoms. The molecule has 0 aliphatic rings. The highest BCUT2D eigenvalue weighted by Crippen LogP contribution is 2.29. The van der Waals surface area contributed by atoms with Gasteiger partial charge in [0.05, 0.1) is 12.1 Å². The zero-order chi connectivity index (χ0) is 16.3. The molecule has 0 saturated heterocycles. The van der Waals surface area contributed by atoms with Gasteiger partial charge < -0.3 is 4.74 Å². The lowest BCUT2D eigenvalue weighted by atomic mass is 10.2. The fourth-order valence-corrected chi connectivity index (χ4v) is 4.17. The van der Waals surface area contributed by atoms with Crippen LogP contribution in [0, 0.1) is 0 Å². The van der Waals surface area contributed by atoms with Crippen LogP contribution in [0.1, 0.15) is 5.56 Å². The molecule has 0 saturated carbocycles. The molecule has 0 bridgehead atoms. The fourth-order valence-electron chi connectivity index (χ4n) is 2.01. The highest BCUT2D eigenvalue weighted by Gasteiger charge is 2.24. The van der Waals surface area contributed by atoms with E-state index in [1.807, 2.05) is 18.2 Å². The number of halogens is 2. The number of ether oxygens (including phenoxy) is 1. The molecule has 7 heteroatoms. The first kappa shape index (κ1) is 17.3. The minimum Gasteiger partial charge on any atom is -0.496 e. The Morgan fingerprint density at radius 1 is 1.23 bits per heavy atom. The van der Waals surface area contributed by atoms with E-state index in [-0.39, 0.29) is 16.5 Å². The molecule has 0 radical (unpaired) electrons. The summed E-state index contributed by atoms with van der Waals surface area (Å²) in [7, 11) is -0.616. The quantitative estimate of drug-likeness (QED) is 0.758. The van der Waals surface area contributed by atoms with Crippen LogP contribution in [0.15, 0.2) is 51.8 Å². The number of nitrogens with zero attached hydrogens (tertiary/aromatic N) is 1. The van der Waals surface area contributed by atoms with E-state index in [1.165, 1.54) is 17.4 Å². The number of hydrogen-bond donors (Lipinski definition) is 0. The van der Waals surface area contributed by atoms with Crippen molar-refractivity contribution < 1.29 is 13.2 Å². The number of para-hydroxylation sites is 1. The summed E-state index contributed by atoms with van der Waals surface area (Å²) in [6.45, 7) is 0.193. The monoisotopic (exact) mass is 403 g/mol. The van der Waals surface area contributed by atoms with Gasteiger partial charge in [-0.15, -0.1) is 0 Å². The molecule has 0 aromatic heterocycles. The van der Waals surface area contributed by atoms with Gasteiger partial charge in [0.25, 0.3) is 0 Å². The molecule has 0 aliphatic carbocycles. The van der Waals surface area contributed by atoms with E-state index >= 15 is 0 Å². The van der Waals surface area contributed by atoms with Crippen LogP contribution in [0.5, 0.6) is 5.75 Å². The summed E-state index contributed by atoms with van der Waals surface area (Å²) in [5, 5.41) is 0.182. The molecular formula is C15H15BrClNO3S. The van der Waals surface area contributed by atoms with Crippen molar-refractivity contribution in [2.75, 3.05) is 14.2 Å². The van der Waals surface area contributed by atoms with Crippen LogP contribution in [-0.2, 0) is 16.6 Å². The van der Waals surface area contributed by atoms with Gasteiger partial charge in [0.2, 0.25) is 10.0 Å². The zero-order valence-electron chi connectivity index (χ0n) is 12.1. The molecule has 22 heavy (non-hydrogen) atoms. The van der Waals surface area contributed by atoms with Crippen LogP contribution in [0.25, 0.3) is 0 Å². The minimum atomic E-state index is -3.68. The van der Waals surface area contributed by atoms with Crippen molar-refractivity contribution in [3.05, 3.63) is 57.5 Å². The summed E-state index contributed by atoms with van der Waals surface area (Å²) in [4.78, 5) is 0.0785. The van der Waals surface area contributed by atoms with Crippen LogP contribution >= 0.6 is 27.5 Å². The predicted octanol–water partition coefficient (Wildman–Crippen LogP) is 3.93. The Hall–Kier alpha value is -1.08. The van der Waals surface area contributed by atoms with Crippen molar-refractivity contribution in [3.8, 4) is 5.75 Å². The first-order chi connectivity index (χ1) is 10.4. The van der Waals surface area contributed by atoms with Crippen molar-refractivity contribution in [1.82, 2.24) is 4.31 Å². The van der Waals surface area contributed by atoms with Crippen LogP contribution < -0.4 is 4.74 Å². The second-order valence-corrected chi connectivity index (χ2v) is 7.98. The SMILES string of the molecule is COc1ccccc1CN(C)S(=O)(=O)c1ccc(Br)cc1Cl. The standard InChI is InChI=1S/C15H15BrClNO3S/c1-18(10-11-5-3-4-6-14(11)21-2)22(19,20)15-8-7-12(16)9-13(15)17/h3-9H,10H2,1-2H3. The largest absolute Gasteiger partial charge is 0.496 e. The summed E-state index contributed by atoms with van der Waals surface area (Å²) in [5.41, 5.74) is 0.782. The molecular weight excluding hydrogens is 390 g/mol. The van der Waals surface area contributed by atoms with E-state index in [2.05, 4.69) is 15.9 Å². The molecule has 2 rings (SSSR count). The van der Waals surface area contributed by atoms with Crippen LogP contribution in [0.4, 0.5) is 0 Å². The molecule has 0 heterocycles. The molecule has 0 unspecified atom stereocenters. The number of sulfonamides is 1. The van der Waals surface area contributed by atoms with Gasteiger partial charge in [-0.3, -0.25) is 0 Å². The van der Waals surface area contributed by atoms with Crippen LogP contribution in [0.2, 0.25) is 5.02 Å². The molecule has 118 valence electrons. The topological polar surface area (TPSA) is 46.6 Å². The van der Waals surface area contributed by atoms with E-state index in [0.29, 0.717) is 5.75 Å². The Morgan fingerprint density at radius 2 is 1.91 bits per heavy atom. The van der Waals surface area contributed by atoms with Crippen molar-refractivity contribution in [2.45, 2.75) is 11.4 Å². The zero-order valence-corrected chi connectivity index (χ0v) is 15.2. The number of benzene rings is 2. The van der Waals surface area contributed by atoms with Gasteiger partial charge in [-0.25, -0.2) is 8.42 Å². The fraction of sp³-hybridized carbons (Fsp3) is 0.200. The number of methoxy groups -OCH3 is 1. The summed E-state index contributed by atoms with van der Waals surface area (Å²) in [6, 6.07) is 12.0. The molecule has 0 N–H and O–H groups in total. The molecule has 4 nitrogen and oxygen atoms in total. The van der Waals surface area contributed by atoms with Crippen molar-refractivity contribution in [3.63, 3.8) is 0 Å². The first-order valence-electron chi connectivity index (χ1n) is 6.39. The second kappa shape index (κ2) is 7.00. The van der Waals surface area contributed by atoms with Gasteiger partial charge in [0.1, 0.15) is 10.6 Å². The summed E-state index contributed by atoms with van der Waals surface area (Å²) in [6.07, 6.45) is 0. The van der Waals surface area contributed by atoms with Gasteiger partial charge >= 0.3 is 0 Å². The lowest BCUT2D eigenvalue weighted by molar-refractivity contribution is 0.398. The van der Waals surface area contributed by atoms with Gasteiger partial charge in [-0.2, -0.15) is 4.31 Å². The number of hydrogen-bond acceptors (Lipinski definition) is 3. The molecule has 2 aromatic rings. The minimum absolute atomic E-state index is 0.0785. The maximum absolute atomic E-state index is 12.7. The van der Waals surface area contributed by atoms with Crippen LogP contribution in [0.3, 0.4) is 0 Å². The molecule has 0 atom stereocenters. The summed E-state index contributed by atoms with van der Waals surface area (Å²) < 4.78 is 32.5. The third kappa shape index (κ3) is 3.63. The van der Waals surface area contributed by atoms with Crippen molar-refractivity contribution in [2.24, 2.45) is 0 Å². The van der Waals surface area contributed by atoms with Crippen molar-refractivity contribution >= 4 is 37.6 Å². The Balaban J connectivity index is 2.33. The Labute approximate surface area is 143 Å². The number of rotatable bonds is 5. The van der Waals surface area contributed by atoms with E-state index < -0.39 is 10.0 Å². The predicted molar refractivity (Wildman–Crippen MR) is 90.8 cm³/mol. The van der Waals surface area contributed by atoms with E-state index in [4.69, 9.17) is 16.3 Å². The Kier molecular flexibility index (Phi) is 5.50. The first-order valence-corrected chi connectivity index (χ1v) is 9.00. The highest BCUT2D eigenvalue weighted by molar-refractivity contribution is 9.10. The maximum Gasteiger partial charge on any atom is 0.244 e. The normalized spacial score (nSPS) is 11.7. The Morgan fingerprint density at radius 3 is 2.55 bits per heavy atom. The third-order valence-electron chi connectivity index (χ3n) is 3.17. The smallest absolute Gasteiger partial charge is 0.244 e. The van der Waals surface area contributed by atoms with Gasteiger partial charge in [-0.05, 0) is 24.3 Å². The third-order valence-corrected chi connectivity index (χ3v) is 5.95. The summed E-state index contributed by atoms with van der Waals surface area (Å²) in [5.74, 6) is 0.645. The lowest BCUT2D eigenvalue weighted by Crippen LogP contribution is -2.27. The second-order valence-electron chi connectivity index (χ2n) is 4.65. The highest BCUT2D eigenvalue weighted by atomic mass is 79.9. The average molecular weight is 405 g/mol. The van der Waals surface area contributed by atoms with Gasteiger partial charge in [0.15, 0.2) is 0 Å². The average Bonchev–Trinajstić information content (AvgIpc) is 2.47. The maximum atomic E-state index is 12.7. The molecule has 2 aromatic carbocycles. The van der Waals surface area contributed by atoms with Crippen LogP contribution in [-0.4, -0.2) is 26.9 Å². The van der Waals surface area contributed by atoms with Gasteiger partial charge in [0, 0.05) is 23.6 Å². The lowest BCUT2D eigenvalue weighted by Gasteiger charge is -2.19. The molecule has 0 fully saturated rings. The van der Waals surface area contributed by atoms with E-state index in [1.54, 1.807) is 25.3 Å². The summed E-state index contributed by atoms with van der Waals surface area (Å²) >= 11 is 9.32. The Bertz CT molecular complexity index is 780. The van der Waals surface area contributed by atoms with E-state index in [9.17, 15) is 8.42 Å². The molecule has 0 amide bonds. The molecule has 0 aliphatic heterocycles.